The van der Waals surface area contributed by atoms with Crippen LogP contribution in [0.25, 0.3) is 0 Å². The quantitative estimate of drug-likeness (QED) is 0.590. The average molecular weight is 354 g/mol. The maximum atomic E-state index is 11.9. The molecule has 2 N–H and O–H groups in total. The molecule has 126 valence electrons. The van der Waals surface area contributed by atoms with E-state index in [1.54, 1.807) is 0 Å². The zero-order valence-electron chi connectivity index (χ0n) is 13.5. The fraction of sp³-hybridized carbons (Fsp3) is 0.529. The number of unbranched alkanes of at least 4 members (excludes halogenated alkanes) is 2. The minimum Gasteiger partial charge on any atom is -0.369 e. The van der Waals surface area contributed by atoms with Gasteiger partial charge in [0.15, 0.2) is 5.11 Å². The summed E-state index contributed by atoms with van der Waals surface area (Å²) in [6.45, 7) is 4.10. The lowest BCUT2D eigenvalue weighted by molar-refractivity contribution is -0.119. The Morgan fingerprint density at radius 3 is 2.74 bits per heavy atom. The molecule has 0 radical (unpaired) electrons. The van der Waals surface area contributed by atoms with Crippen molar-refractivity contribution in [1.82, 2.24) is 5.32 Å². The van der Waals surface area contributed by atoms with Crippen molar-refractivity contribution in [2.75, 3.05) is 23.3 Å². The van der Waals surface area contributed by atoms with Crippen LogP contribution in [0.1, 0.15) is 45.4 Å². The molecule has 1 aliphatic heterocycles. The molecule has 1 heterocycles. The van der Waals surface area contributed by atoms with Crippen molar-refractivity contribution in [2.45, 2.75) is 45.4 Å². The summed E-state index contributed by atoms with van der Waals surface area (Å²) in [5.74, 6) is -0.0410. The summed E-state index contributed by atoms with van der Waals surface area (Å²) in [4.78, 5) is 14.1. The summed E-state index contributed by atoms with van der Waals surface area (Å²) < 4.78 is 0. The first-order chi connectivity index (χ1) is 11.1. The number of halogens is 1. The molecular formula is C17H24ClN3OS. The Labute approximate surface area is 148 Å². The second-order valence-electron chi connectivity index (χ2n) is 5.79. The molecule has 4 nitrogen and oxygen atoms in total. The molecule has 23 heavy (non-hydrogen) atoms. The number of carbonyl (C=O) groups is 1. The molecule has 0 atom stereocenters. The first-order valence-corrected chi connectivity index (χ1v) is 9.04. The number of nitrogens with one attached hydrogen (secondary N) is 2. The lowest BCUT2D eigenvalue weighted by atomic mass is 10.2. The largest absolute Gasteiger partial charge is 0.369 e. The van der Waals surface area contributed by atoms with Crippen LogP contribution < -0.4 is 15.5 Å². The molecule has 0 spiro atoms. The standard InChI is InChI=1S/C17H24ClN3OS/c1-2-3-4-10-15(22)20-17(23)19-14-9-7-8-13(18)16(14)21-11-5-6-12-21/h7-9H,2-6,10-12H2,1H3,(H2,19,20,22,23). The van der Waals surface area contributed by atoms with Gasteiger partial charge in [-0.2, -0.15) is 0 Å². The third kappa shape index (κ3) is 5.36. The predicted octanol–water partition coefficient (Wildman–Crippen LogP) is 4.33. The first-order valence-electron chi connectivity index (χ1n) is 8.26. The van der Waals surface area contributed by atoms with Crippen molar-refractivity contribution in [1.29, 1.82) is 0 Å². The van der Waals surface area contributed by atoms with E-state index in [1.807, 2.05) is 18.2 Å². The molecule has 0 aliphatic carbocycles. The fourth-order valence-corrected chi connectivity index (χ4v) is 3.27. The number of rotatable bonds is 6. The SMILES string of the molecule is CCCCCC(=O)NC(=S)Nc1cccc(Cl)c1N1CCCC1. The van der Waals surface area contributed by atoms with Crippen LogP contribution in [-0.2, 0) is 4.79 Å². The highest BCUT2D eigenvalue weighted by Crippen LogP contribution is 2.35. The van der Waals surface area contributed by atoms with E-state index >= 15 is 0 Å². The van der Waals surface area contributed by atoms with Crippen molar-refractivity contribution >= 4 is 46.2 Å². The van der Waals surface area contributed by atoms with Gasteiger partial charge in [-0.3, -0.25) is 4.79 Å². The van der Waals surface area contributed by atoms with Gasteiger partial charge < -0.3 is 15.5 Å². The van der Waals surface area contributed by atoms with Crippen LogP contribution in [-0.4, -0.2) is 24.1 Å². The molecule has 1 amide bonds. The summed E-state index contributed by atoms with van der Waals surface area (Å²) in [5, 5.41) is 6.90. The van der Waals surface area contributed by atoms with Crippen LogP contribution in [0.15, 0.2) is 18.2 Å². The zero-order valence-corrected chi connectivity index (χ0v) is 15.1. The van der Waals surface area contributed by atoms with Crippen molar-refractivity contribution in [3.05, 3.63) is 23.2 Å². The number of thiocarbonyl (C=S) groups is 1. The van der Waals surface area contributed by atoms with Gasteiger partial charge in [0.05, 0.1) is 16.4 Å². The fourth-order valence-electron chi connectivity index (χ4n) is 2.76. The van der Waals surface area contributed by atoms with Gasteiger partial charge in [-0.15, -0.1) is 0 Å². The Kier molecular flexibility index (Phi) is 7.12. The van der Waals surface area contributed by atoms with Crippen LogP contribution >= 0.6 is 23.8 Å². The Morgan fingerprint density at radius 2 is 2.04 bits per heavy atom. The normalized spacial score (nSPS) is 13.9. The van der Waals surface area contributed by atoms with Crippen LogP contribution in [0.5, 0.6) is 0 Å². The van der Waals surface area contributed by atoms with Crippen molar-refractivity contribution in [2.24, 2.45) is 0 Å². The molecule has 0 unspecified atom stereocenters. The monoisotopic (exact) mass is 353 g/mol. The second kappa shape index (κ2) is 9.08. The molecule has 1 aromatic carbocycles. The number of para-hydroxylation sites is 1. The highest BCUT2D eigenvalue weighted by molar-refractivity contribution is 7.80. The molecule has 0 aromatic heterocycles. The molecule has 2 rings (SSSR count). The van der Waals surface area contributed by atoms with E-state index < -0.39 is 0 Å². The number of anilines is 2. The van der Waals surface area contributed by atoms with E-state index in [4.69, 9.17) is 23.8 Å². The summed E-state index contributed by atoms with van der Waals surface area (Å²) in [6.07, 6.45) is 5.89. The number of hydrogen-bond acceptors (Lipinski definition) is 3. The van der Waals surface area contributed by atoms with Gasteiger partial charge in [-0.1, -0.05) is 37.4 Å². The summed E-state index contributed by atoms with van der Waals surface area (Å²) >= 11 is 11.6. The van der Waals surface area contributed by atoms with Gasteiger partial charge in [0, 0.05) is 19.5 Å². The van der Waals surface area contributed by atoms with Gasteiger partial charge in [-0.05, 0) is 43.6 Å². The number of benzene rings is 1. The third-order valence-electron chi connectivity index (χ3n) is 3.92. The Morgan fingerprint density at radius 1 is 1.30 bits per heavy atom. The molecule has 1 saturated heterocycles. The van der Waals surface area contributed by atoms with E-state index in [2.05, 4.69) is 22.5 Å². The minimum atomic E-state index is -0.0410. The lowest BCUT2D eigenvalue weighted by Gasteiger charge is -2.23. The molecule has 0 bridgehead atoms. The lowest BCUT2D eigenvalue weighted by Crippen LogP contribution is -2.34. The Hall–Kier alpha value is -1.33. The Balaban J connectivity index is 1.98. The molecule has 0 saturated carbocycles. The first kappa shape index (κ1) is 18.0. The smallest absolute Gasteiger partial charge is 0.226 e. The summed E-state index contributed by atoms with van der Waals surface area (Å²) in [7, 11) is 0. The van der Waals surface area contributed by atoms with Crippen molar-refractivity contribution in [3.63, 3.8) is 0 Å². The predicted molar refractivity (Wildman–Crippen MR) is 101 cm³/mol. The molecule has 6 heteroatoms. The van der Waals surface area contributed by atoms with Crippen molar-refractivity contribution < 1.29 is 4.79 Å². The summed E-state index contributed by atoms with van der Waals surface area (Å²) in [6, 6.07) is 5.71. The molecule has 1 fully saturated rings. The third-order valence-corrected chi connectivity index (χ3v) is 4.43. The topological polar surface area (TPSA) is 44.4 Å². The van der Waals surface area contributed by atoms with Gasteiger partial charge in [-0.25, -0.2) is 0 Å². The average Bonchev–Trinajstić information content (AvgIpc) is 3.01. The van der Waals surface area contributed by atoms with Gasteiger partial charge in [0.2, 0.25) is 5.91 Å². The minimum absolute atomic E-state index is 0.0410. The summed E-state index contributed by atoms with van der Waals surface area (Å²) in [5.41, 5.74) is 1.81. The van der Waals surface area contributed by atoms with Crippen molar-refractivity contribution in [3.8, 4) is 0 Å². The maximum absolute atomic E-state index is 11.9. The zero-order chi connectivity index (χ0) is 16.7. The Bertz CT molecular complexity index is 559. The van der Waals surface area contributed by atoms with E-state index in [9.17, 15) is 4.79 Å². The molecular weight excluding hydrogens is 330 g/mol. The van der Waals surface area contributed by atoms with E-state index in [-0.39, 0.29) is 5.91 Å². The molecule has 1 aliphatic rings. The highest BCUT2D eigenvalue weighted by atomic mass is 35.5. The van der Waals surface area contributed by atoms with Crippen LogP contribution in [0.4, 0.5) is 11.4 Å². The van der Waals surface area contributed by atoms with Gasteiger partial charge >= 0.3 is 0 Å². The number of hydrogen-bond donors (Lipinski definition) is 2. The van der Waals surface area contributed by atoms with E-state index in [0.29, 0.717) is 16.6 Å². The number of nitrogens with zero attached hydrogens (tertiary/aromatic N) is 1. The maximum Gasteiger partial charge on any atom is 0.226 e. The van der Waals surface area contributed by atoms with Gasteiger partial charge in [0.1, 0.15) is 0 Å². The number of carbonyl (C=O) groups excluding carboxylic acids is 1. The van der Waals surface area contributed by atoms with Crippen LogP contribution in [0.2, 0.25) is 5.02 Å². The van der Waals surface area contributed by atoms with Crippen LogP contribution in [0.3, 0.4) is 0 Å². The molecule has 1 aromatic rings. The van der Waals surface area contributed by atoms with Gasteiger partial charge in [0.25, 0.3) is 0 Å². The van der Waals surface area contributed by atoms with E-state index in [1.165, 1.54) is 12.8 Å². The second-order valence-corrected chi connectivity index (χ2v) is 6.61. The highest BCUT2D eigenvalue weighted by Gasteiger charge is 2.19. The van der Waals surface area contributed by atoms with E-state index in [0.717, 1.165) is 43.7 Å². The van der Waals surface area contributed by atoms with Crippen LogP contribution in [0, 0.1) is 0 Å². The number of amides is 1.